The molecule has 0 saturated carbocycles. The summed E-state index contributed by atoms with van der Waals surface area (Å²) in [6.45, 7) is 0.827. The smallest absolute Gasteiger partial charge is 0.151 e. The maximum atomic E-state index is 12.6. The Bertz CT molecular complexity index is 337. The second-order valence-electron chi connectivity index (χ2n) is 3.80. The lowest BCUT2D eigenvalue weighted by atomic mass is 10.1. The van der Waals surface area contributed by atoms with E-state index in [1.807, 2.05) is 0 Å². The third-order valence-corrected chi connectivity index (χ3v) is 2.24. The number of nitrogens with zero attached hydrogens (tertiary/aromatic N) is 1. The van der Waals surface area contributed by atoms with Gasteiger partial charge in [-0.15, -0.1) is 0 Å². The van der Waals surface area contributed by atoms with Gasteiger partial charge in [-0.1, -0.05) is 12.1 Å². The van der Waals surface area contributed by atoms with Crippen LogP contribution in [0.15, 0.2) is 24.3 Å². The fourth-order valence-corrected chi connectivity index (χ4v) is 1.44. The molecule has 0 aromatic heterocycles. The highest BCUT2D eigenvalue weighted by molar-refractivity contribution is 5.82. The Labute approximate surface area is 94.5 Å². The molecule has 0 unspecified atom stereocenters. The average molecular weight is 225 g/mol. The number of aliphatic hydroxyl groups excluding tert-OH is 1. The van der Waals surface area contributed by atoms with Gasteiger partial charge in [0.25, 0.3) is 0 Å². The minimum absolute atomic E-state index is 0.0420. The second kappa shape index (κ2) is 6.35. The Morgan fingerprint density at radius 3 is 2.56 bits per heavy atom. The molecule has 1 N–H and O–H groups in total. The van der Waals surface area contributed by atoms with Crippen LogP contribution in [0, 0.1) is 5.82 Å². The number of ketones is 1. The van der Waals surface area contributed by atoms with Crippen LogP contribution in [0.1, 0.15) is 5.56 Å². The highest BCUT2D eigenvalue weighted by Crippen LogP contribution is 2.04. The zero-order valence-corrected chi connectivity index (χ0v) is 9.32. The molecule has 16 heavy (non-hydrogen) atoms. The SMILES string of the molecule is CN(CCO)CC(=O)Cc1ccc(F)cc1. The number of aliphatic hydroxyl groups is 1. The van der Waals surface area contributed by atoms with E-state index >= 15 is 0 Å². The Morgan fingerprint density at radius 2 is 2.00 bits per heavy atom. The van der Waals surface area contributed by atoms with Crippen molar-refractivity contribution in [3.8, 4) is 0 Å². The summed E-state index contributed by atoms with van der Waals surface area (Å²) in [6, 6.07) is 5.92. The molecule has 0 amide bonds. The van der Waals surface area contributed by atoms with Gasteiger partial charge < -0.3 is 5.11 Å². The van der Waals surface area contributed by atoms with Gasteiger partial charge in [0.1, 0.15) is 5.82 Å². The van der Waals surface area contributed by atoms with Crippen molar-refractivity contribution in [1.29, 1.82) is 0 Å². The number of benzene rings is 1. The summed E-state index contributed by atoms with van der Waals surface area (Å²) in [4.78, 5) is 13.3. The van der Waals surface area contributed by atoms with Crippen molar-refractivity contribution in [3.05, 3.63) is 35.6 Å². The summed E-state index contributed by atoms with van der Waals surface area (Å²) in [5, 5.41) is 8.68. The summed E-state index contributed by atoms with van der Waals surface area (Å²) >= 11 is 0. The van der Waals surface area contributed by atoms with Gasteiger partial charge in [-0.05, 0) is 24.7 Å². The minimum Gasteiger partial charge on any atom is -0.395 e. The van der Waals surface area contributed by atoms with Gasteiger partial charge in [-0.25, -0.2) is 4.39 Å². The number of Topliss-reactive ketones (excluding diaryl/α,β-unsaturated/α-hetero) is 1. The van der Waals surface area contributed by atoms with Crippen LogP contribution in [0.2, 0.25) is 0 Å². The normalized spacial score (nSPS) is 10.8. The predicted octanol–water partition coefficient (Wildman–Crippen LogP) is 0.861. The highest BCUT2D eigenvalue weighted by Gasteiger charge is 2.07. The molecule has 0 radical (unpaired) electrons. The first kappa shape index (κ1) is 12.8. The lowest BCUT2D eigenvalue weighted by molar-refractivity contribution is -0.119. The van der Waals surface area contributed by atoms with E-state index in [2.05, 4.69) is 0 Å². The maximum Gasteiger partial charge on any atom is 0.151 e. The quantitative estimate of drug-likeness (QED) is 0.780. The maximum absolute atomic E-state index is 12.6. The van der Waals surface area contributed by atoms with Gasteiger partial charge in [0.15, 0.2) is 5.78 Å². The van der Waals surface area contributed by atoms with Gasteiger partial charge in [0.2, 0.25) is 0 Å². The fourth-order valence-electron chi connectivity index (χ4n) is 1.44. The number of carbonyl (C=O) groups is 1. The Morgan fingerprint density at radius 1 is 1.38 bits per heavy atom. The summed E-state index contributed by atoms with van der Waals surface area (Å²) in [7, 11) is 1.78. The first-order valence-electron chi connectivity index (χ1n) is 5.17. The minimum atomic E-state index is -0.298. The second-order valence-corrected chi connectivity index (χ2v) is 3.80. The molecule has 0 spiro atoms. The summed E-state index contributed by atoms with van der Waals surface area (Å²) < 4.78 is 12.6. The van der Waals surface area contributed by atoms with Crippen LogP contribution in [0.5, 0.6) is 0 Å². The van der Waals surface area contributed by atoms with E-state index in [0.717, 1.165) is 5.56 Å². The number of hydrogen-bond donors (Lipinski definition) is 1. The molecule has 0 fully saturated rings. The van der Waals surface area contributed by atoms with Crippen molar-refractivity contribution in [2.75, 3.05) is 26.7 Å². The number of rotatable bonds is 6. The zero-order chi connectivity index (χ0) is 12.0. The van der Waals surface area contributed by atoms with Crippen LogP contribution < -0.4 is 0 Å². The monoisotopic (exact) mass is 225 g/mol. The van der Waals surface area contributed by atoms with Crippen LogP contribution in [0.25, 0.3) is 0 Å². The first-order valence-corrected chi connectivity index (χ1v) is 5.17. The summed E-state index contributed by atoms with van der Waals surface area (Å²) in [5.41, 5.74) is 0.809. The van der Waals surface area contributed by atoms with Crippen LogP contribution in [-0.4, -0.2) is 42.5 Å². The molecule has 4 heteroatoms. The largest absolute Gasteiger partial charge is 0.395 e. The van der Waals surface area contributed by atoms with Gasteiger partial charge in [-0.2, -0.15) is 0 Å². The molecule has 0 heterocycles. The molecule has 0 aliphatic rings. The molecule has 88 valence electrons. The van der Waals surface area contributed by atoms with Crippen LogP contribution in [-0.2, 0) is 11.2 Å². The molecular weight excluding hydrogens is 209 g/mol. The van der Waals surface area contributed by atoms with E-state index in [-0.39, 0.29) is 18.2 Å². The molecule has 1 aromatic rings. The third-order valence-electron chi connectivity index (χ3n) is 2.24. The van der Waals surface area contributed by atoms with Gasteiger partial charge in [-0.3, -0.25) is 9.69 Å². The summed E-state index contributed by atoms with van der Waals surface area (Å²) in [5.74, 6) is -0.240. The molecule has 0 aliphatic carbocycles. The van der Waals surface area contributed by atoms with Gasteiger partial charge in [0.05, 0.1) is 13.2 Å². The molecule has 0 atom stereocenters. The van der Waals surface area contributed by atoms with Crippen molar-refractivity contribution in [3.63, 3.8) is 0 Å². The zero-order valence-electron chi connectivity index (χ0n) is 9.32. The molecule has 0 saturated heterocycles. The molecule has 0 aliphatic heterocycles. The number of carbonyl (C=O) groups excluding carboxylic acids is 1. The summed E-state index contributed by atoms with van der Waals surface area (Å²) in [6.07, 6.45) is 0.302. The fraction of sp³-hybridized carbons (Fsp3) is 0.417. The van der Waals surface area contributed by atoms with Crippen molar-refractivity contribution in [2.45, 2.75) is 6.42 Å². The van der Waals surface area contributed by atoms with Crippen molar-refractivity contribution in [1.82, 2.24) is 4.90 Å². The molecule has 1 aromatic carbocycles. The third kappa shape index (κ3) is 4.51. The predicted molar refractivity (Wildman–Crippen MR) is 59.7 cm³/mol. The van der Waals surface area contributed by atoms with Gasteiger partial charge in [0, 0.05) is 13.0 Å². The van der Waals surface area contributed by atoms with Crippen molar-refractivity contribution in [2.24, 2.45) is 0 Å². The van der Waals surface area contributed by atoms with Crippen molar-refractivity contribution >= 4 is 5.78 Å². The lowest BCUT2D eigenvalue weighted by Gasteiger charge is -2.13. The number of hydrogen-bond acceptors (Lipinski definition) is 3. The van der Waals surface area contributed by atoms with E-state index in [1.165, 1.54) is 12.1 Å². The van der Waals surface area contributed by atoms with Crippen LogP contribution >= 0.6 is 0 Å². The molecular formula is C12H16FNO2. The number of likely N-dealkylation sites (N-methyl/N-ethyl adjacent to an activating group) is 1. The Balaban J connectivity index is 2.42. The highest BCUT2D eigenvalue weighted by atomic mass is 19.1. The lowest BCUT2D eigenvalue weighted by Crippen LogP contribution is -2.29. The molecule has 3 nitrogen and oxygen atoms in total. The van der Waals surface area contributed by atoms with E-state index in [0.29, 0.717) is 19.5 Å². The van der Waals surface area contributed by atoms with Gasteiger partial charge >= 0.3 is 0 Å². The van der Waals surface area contributed by atoms with E-state index < -0.39 is 0 Å². The van der Waals surface area contributed by atoms with Crippen molar-refractivity contribution < 1.29 is 14.3 Å². The van der Waals surface area contributed by atoms with E-state index in [1.54, 1.807) is 24.1 Å². The molecule has 1 rings (SSSR count). The Hall–Kier alpha value is -1.26. The standard InChI is InChI=1S/C12H16FNO2/c1-14(6-7-15)9-12(16)8-10-2-4-11(13)5-3-10/h2-5,15H,6-9H2,1H3. The number of halogens is 1. The topological polar surface area (TPSA) is 40.5 Å². The average Bonchev–Trinajstić information content (AvgIpc) is 2.21. The van der Waals surface area contributed by atoms with E-state index in [9.17, 15) is 9.18 Å². The first-order chi connectivity index (χ1) is 7.61. The van der Waals surface area contributed by atoms with Crippen LogP contribution in [0.3, 0.4) is 0 Å². The van der Waals surface area contributed by atoms with Crippen LogP contribution in [0.4, 0.5) is 4.39 Å². The van der Waals surface area contributed by atoms with E-state index in [4.69, 9.17) is 5.11 Å². The molecule has 0 bridgehead atoms. The Kier molecular flexibility index (Phi) is 5.08.